The van der Waals surface area contributed by atoms with Crippen LogP contribution in [0.2, 0.25) is 0 Å². The number of aromatic nitrogens is 3. The first-order valence-corrected chi connectivity index (χ1v) is 17.0. The second-order valence-corrected chi connectivity index (χ2v) is 12.2. The van der Waals surface area contributed by atoms with E-state index in [9.17, 15) is 19.2 Å². The molecular formula is C41H35N5O10. The lowest BCUT2D eigenvalue weighted by Crippen LogP contribution is -2.22. The highest BCUT2D eigenvalue weighted by Crippen LogP contribution is 2.44. The van der Waals surface area contributed by atoms with Crippen LogP contribution >= 0.6 is 0 Å². The number of para-hydroxylation sites is 1. The van der Waals surface area contributed by atoms with E-state index in [4.69, 9.17) is 28.4 Å². The number of benzene rings is 3. The lowest BCUT2D eigenvalue weighted by Gasteiger charge is -2.14. The number of carbonyl (C=O) groups excluding carboxylic acids is 4. The van der Waals surface area contributed by atoms with Gasteiger partial charge in [-0.15, -0.1) is 0 Å². The minimum atomic E-state index is -0.493. The van der Waals surface area contributed by atoms with Gasteiger partial charge in [-0.2, -0.15) is 0 Å². The molecule has 5 heterocycles. The van der Waals surface area contributed by atoms with Gasteiger partial charge in [0.15, 0.2) is 23.0 Å². The van der Waals surface area contributed by atoms with E-state index < -0.39 is 23.6 Å². The third kappa shape index (κ3) is 6.20. The van der Waals surface area contributed by atoms with E-state index in [2.05, 4.69) is 25.6 Å². The molecule has 2 aliphatic heterocycles. The van der Waals surface area contributed by atoms with Crippen LogP contribution in [0.5, 0.6) is 34.5 Å². The number of hydrogen-bond donors (Lipinski definition) is 4. The lowest BCUT2D eigenvalue weighted by molar-refractivity contribution is -0.124. The number of hydrogen-bond acceptors (Lipinski definition) is 11. The van der Waals surface area contributed by atoms with Crippen LogP contribution in [0.4, 0.5) is 0 Å². The van der Waals surface area contributed by atoms with Crippen LogP contribution in [0.3, 0.4) is 0 Å². The van der Waals surface area contributed by atoms with Crippen molar-refractivity contribution < 1.29 is 47.6 Å². The van der Waals surface area contributed by atoms with Crippen LogP contribution in [0, 0.1) is 0 Å². The van der Waals surface area contributed by atoms with Crippen LogP contribution in [0.15, 0.2) is 79.3 Å². The highest BCUT2D eigenvalue weighted by atomic mass is 16.5. The summed E-state index contributed by atoms with van der Waals surface area (Å²) in [4.78, 5) is 61.0. The van der Waals surface area contributed by atoms with Gasteiger partial charge in [-0.3, -0.25) is 29.8 Å². The van der Waals surface area contributed by atoms with Crippen LogP contribution < -0.4 is 39.1 Å². The Balaban J connectivity index is 0.000000172. The number of aromatic amines is 2. The first-order valence-electron chi connectivity index (χ1n) is 17.0. The molecule has 3 aromatic heterocycles. The third-order valence-electron chi connectivity index (χ3n) is 9.35. The van der Waals surface area contributed by atoms with Crippen molar-refractivity contribution in [1.82, 2.24) is 25.6 Å². The second kappa shape index (κ2) is 15.1. The van der Waals surface area contributed by atoms with Crippen LogP contribution in [-0.4, -0.2) is 81.2 Å². The summed E-state index contributed by atoms with van der Waals surface area (Å²) in [6.45, 7) is 0. The van der Waals surface area contributed by atoms with E-state index in [1.165, 1.54) is 42.7 Å². The zero-order valence-corrected chi connectivity index (χ0v) is 31.0. The van der Waals surface area contributed by atoms with Gasteiger partial charge in [-0.05, 0) is 53.6 Å². The molecule has 56 heavy (non-hydrogen) atoms. The molecule has 0 unspecified atom stereocenters. The van der Waals surface area contributed by atoms with Gasteiger partial charge in [-0.1, -0.05) is 18.2 Å². The van der Waals surface area contributed by atoms with Crippen LogP contribution in [0.1, 0.15) is 22.3 Å². The Bertz CT molecular complexity index is 2420. The van der Waals surface area contributed by atoms with Crippen molar-refractivity contribution in [2.45, 2.75) is 0 Å². The van der Waals surface area contributed by atoms with E-state index in [-0.39, 0.29) is 16.7 Å². The molecular weight excluding hydrogens is 722 g/mol. The minimum Gasteiger partial charge on any atom is -0.493 e. The Morgan fingerprint density at radius 2 is 0.911 bits per heavy atom. The quantitative estimate of drug-likeness (QED) is 0.139. The minimum absolute atomic E-state index is 0.231. The lowest BCUT2D eigenvalue weighted by atomic mass is 9.95. The molecule has 0 aliphatic carbocycles. The molecule has 8 rings (SSSR count). The number of H-pyrrole nitrogens is 2. The van der Waals surface area contributed by atoms with Gasteiger partial charge < -0.3 is 38.4 Å². The van der Waals surface area contributed by atoms with Crippen molar-refractivity contribution in [1.29, 1.82) is 0 Å². The highest BCUT2D eigenvalue weighted by molar-refractivity contribution is 6.51. The van der Waals surface area contributed by atoms with Crippen molar-refractivity contribution in [2.24, 2.45) is 0 Å². The largest absolute Gasteiger partial charge is 0.493 e. The van der Waals surface area contributed by atoms with Gasteiger partial charge in [0.2, 0.25) is 11.5 Å². The molecule has 15 heteroatoms. The molecule has 0 radical (unpaired) electrons. The Morgan fingerprint density at radius 3 is 1.39 bits per heavy atom. The zero-order chi connectivity index (χ0) is 39.7. The van der Waals surface area contributed by atoms with Gasteiger partial charge in [0.1, 0.15) is 5.65 Å². The van der Waals surface area contributed by atoms with E-state index in [0.717, 1.165) is 16.3 Å². The number of methoxy groups -OCH3 is 6. The normalized spacial score (nSPS) is 13.8. The zero-order valence-electron chi connectivity index (χ0n) is 31.0. The average Bonchev–Trinajstić information content (AvgIpc) is 3.98. The fourth-order valence-electron chi connectivity index (χ4n) is 6.87. The Hall–Kier alpha value is -7.55. The summed E-state index contributed by atoms with van der Waals surface area (Å²) in [6, 6.07) is 17.8. The van der Waals surface area contributed by atoms with Gasteiger partial charge in [-0.25, -0.2) is 4.98 Å². The summed E-state index contributed by atoms with van der Waals surface area (Å²) in [5, 5.41) is 6.36. The van der Waals surface area contributed by atoms with Gasteiger partial charge in [0.05, 0.1) is 65.0 Å². The summed E-state index contributed by atoms with van der Waals surface area (Å²) in [5.74, 6) is 0.492. The molecule has 15 nitrogen and oxygen atoms in total. The summed E-state index contributed by atoms with van der Waals surface area (Å²) in [5.41, 5.74) is 4.78. The molecule has 0 saturated carbocycles. The monoisotopic (exact) mass is 757 g/mol. The molecule has 0 spiro atoms. The molecule has 284 valence electrons. The van der Waals surface area contributed by atoms with Crippen LogP contribution in [-0.2, 0) is 19.2 Å². The Labute approximate surface area is 319 Å². The number of nitrogens with zero attached hydrogens (tertiary/aromatic N) is 1. The Kier molecular flexibility index (Phi) is 9.89. The first-order chi connectivity index (χ1) is 27.2. The molecule has 3 aromatic carbocycles. The molecule has 4 amide bonds. The molecule has 0 fully saturated rings. The fraction of sp³-hybridized carbons (Fsp3) is 0.146. The second-order valence-electron chi connectivity index (χ2n) is 12.2. The topological polar surface area (TPSA) is 192 Å². The van der Waals surface area contributed by atoms with Crippen molar-refractivity contribution >= 4 is 67.9 Å². The summed E-state index contributed by atoms with van der Waals surface area (Å²) < 4.78 is 32.2. The number of carbonyl (C=O) groups is 4. The van der Waals surface area contributed by atoms with E-state index in [0.29, 0.717) is 68.0 Å². The number of nitrogens with one attached hydrogen (secondary N) is 4. The summed E-state index contributed by atoms with van der Waals surface area (Å²) >= 11 is 0. The number of imide groups is 2. The van der Waals surface area contributed by atoms with E-state index in [1.54, 1.807) is 48.9 Å². The number of ether oxygens (including phenoxy) is 6. The van der Waals surface area contributed by atoms with Gasteiger partial charge >= 0.3 is 0 Å². The maximum Gasteiger partial charge on any atom is 0.259 e. The van der Waals surface area contributed by atoms with Gasteiger partial charge in [0.25, 0.3) is 23.6 Å². The SMILES string of the molecule is COc1cc(C2=C(c3c[nH]c4ccccc34)C(=O)NC2=O)cc(OC)c1OC.COc1cc(C2=C(c3c[nH]c4ncccc34)C(=O)NC2=O)cc(OC)c1OC. The maximum absolute atomic E-state index is 12.7. The number of pyridine rings is 1. The highest BCUT2D eigenvalue weighted by Gasteiger charge is 2.36. The van der Waals surface area contributed by atoms with Crippen LogP contribution in [0.25, 0.3) is 44.2 Å². The number of rotatable bonds is 10. The molecule has 6 aromatic rings. The van der Waals surface area contributed by atoms with Crippen molar-refractivity contribution in [3.8, 4) is 34.5 Å². The van der Waals surface area contributed by atoms with Crippen molar-refractivity contribution in [2.75, 3.05) is 42.7 Å². The predicted molar refractivity (Wildman–Crippen MR) is 207 cm³/mol. The van der Waals surface area contributed by atoms with Crippen molar-refractivity contribution in [3.05, 3.63) is 102 Å². The first kappa shape index (κ1) is 36.8. The third-order valence-corrected chi connectivity index (χ3v) is 9.35. The average molecular weight is 758 g/mol. The van der Waals surface area contributed by atoms with Gasteiger partial charge in [0, 0.05) is 46.0 Å². The fourth-order valence-corrected chi connectivity index (χ4v) is 6.87. The molecule has 2 aliphatic rings. The molecule has 0 atom stereocenters. The van der Waals surface area contributed by atoms with Crippen molar-refractivity contribution in [3.63, 3.8) is 0 Å². The number of amides is 4. The van der Waals surface area contributed by atoms with E-state index in [1.807, 2.05) is 30.3 Å². The smallest absolute Gasteiger partial charge is 0.259 e. The summed E-state index contributed by atoms with van der Waals surface area (Å²) in [6.07, 6.45) is 5.05. The van der Waals surface area contributed by atoms with E-state index >= 15 is 0 Å². The maximum atomic E-state index is 12.7. The Morgan fingerprint density at radius 1 is 0.482 bits per heavy atom. The standard InChI is InChI=1S/C21H18N2O5.C20H17N3O5/c1-26-15-8-11(9-16(27-2)19(15)28-3)17-18(21(25)23-20(17)24)13-10-22-14-7-5-4-6-12(13)14;1-26-13-7-10(8-14(27-2)17(13)28-3)15-16(20(25)23-19(15)24)12-9-22-18-11(12)5-4-6-21-18/h4-10,22H,1-3H3,(H,23,24,25);4-9H,1-3H3,(H,21,22)(H,23,24,25). The predicted octanol–water partition coefficient (Wildman–Crippen LogP) is 4.92. The number of fused-ring (bicyclic) bond motifs is 2. The molecule has 4 N–H and O–H groups in total. The molecule has 0 saturated heterocycles. The summed E-state index contributed by atoms with van der Waals surface area (Å²) in [7, 11) is 8.97. The molecule has 0 bridgehead atoms.